The van der Waals surface area contributed by atoms with E-state index in [1.54, 1.807) is 12.1 Å². The Labute approximate surface area is 129 Å². The molecule has 0 aliphatic rings. The number of ether oxygens (including phenoxy) is 1. The molecule has 0 saturated carbocycles. The molecule has 0 spiro atoms. The van der Waals surface area contributed by atoms with Gasteiger partial charge in [0.2, 0.25) is 0 Å². The number of esters is 1. The van der Waals surface area contributed by atoms with E-state index in [0.29, 0.717) is 12.8 Å². The fourth-order valence-electron chi connectivity index (χ4n) is 1.97. The number of halogens is 1. The van der Waals surface area contributed by atoms with Gasteiger partial charge in [0.15, 0.2) is 0 Å². The Morgan fingerprint density at radius 2 is 2.00 bits per heavy atom. The van der Waals surface area contributed by atoms with Gasteiger partial charge in [0.05, 0.1) is 7.11 Å². The van der Waals surface area contributed by atoms with E-state index >= 15 is 0 Å². The number of carbonyl (C=O) groups is 2. The number of methoxy groups -OCH3 is 1. The van der Waals surface area contributed by atoms with Crippen LogP contribution in [-0.2, 0) is 20.0 Å². The van der Waals surface area contributed by atoms with Crippen LogP contribution in [0.4, 0.5) is 4.39 Å². The molecule has 0 aromatic heterocycles. The second-order valence-corrected chi connectivity index (χ2v) is 4.97. The zero-order valence-corrected chi connectivity index (χ0v) is 12.9. The van der Waals surface area contributed by atoms with Gasteiger partial charge >= 0.3 is 5.97 Å². The smallest absolute Gasteiger partial charge is 0.328 e. The van der Waals surface area contributed by atoms with Crippen molar-refractivity contribution in [3.05, 3.63) is 35.4 Å². The monoisotopic (exact) mass is 306 g/mol. The van der Waals surface area contributed by atoms with Gasteiger partial charge in [-0.25, -0.2) is 9.18 Å². The lowest BCUT2D eigenvalue weighted by molar-refractivity contribution is -0.146. The normalized spacial score (nSPS) is 14.3. The highest BCUT2D eigenvalue weighted by Gasteiger charge is 2.42. The van der Waals surface area contributed by atoms with Crippen molar-refractivity contribution in [2.75, 3.05) is 7.11 Å². The van der Waals surface area contributed by atoms with Crippen LogP contribution in [-0.4, -0.2) is 25.0 Å². The molecular formula is C16H19FN2O3. The third kappa shape index (κ3) is 3.82. The van der Waals surface area contributed by atoms with Crippen molar-refractivity contribution in [2.24, 2.45) is 0 Å². The first-order chi connectivity index (χ1) is 10.4. The number of amides is 1. The third-order valence-electron chi connectivity index (χ3n) is 3.28. The summed E-state index contributed by atoms with van der Waals surface area (Å²) in [6.45, 7) is 3.62. The highest BCUT2D eigenvalue weighted by Crippen LogP contribution is 2.26. The van der Waals surface area contributed by atoms with Gasteiger partial charge in [-0.15, -0.1) is 0 Å². The van der Waals surface area contributed by atoms with Crippen molar-refractivity contribution in [1.29, 1.82) is 5.26 Å². The lowest BCUT2D eigenvalue weighted by atomic mass is 9.95. The number of aryl methyl sites for hydroxylation is 1. The number of nitrogens with zero attached hydrogens (tertiary/aromatic N) is 1. The van der Waals surface area contributed by atoms with Crippen molar-refractivity contribution in [1.82, 2.24) is 5.32 Å². The summed E-state index contributed by atoms with van der Waals surface area (Å²) in [6.07, 6.45) is 0.893. The molecule has 0 heterocycles. The van der Waals surface area contributed by atoms with Crippen LogP contribution in [0.2, 0.25) is 0 Å². The summed E-state index contributed by atoms with van der Waals surface area (Å²) in [4.78, 5) is 23.8. The Bertz CT molecular complexity index is 580. The molecule has 0 unspecified atom stereocenters. The van der Waals surface area contributed by atoms with Crippen molar-refractivity contribution in [3.8, 4) is 6.07 Å². The molecule has 0 aliphatic heterocycles. The number of hydrogen-bond donors (Lipinski definition) is 1. The molecule has 0 radical (unpaired) electrons. The summed E-state index contributed by atoms with van der Waals surface area (Å²) in [6, 6.07) is 6.39. The first-order valence-corrected chi connectivity index (χ1v) is 6.95. The average Bonchev–Trinajstić information content (AvgIpc) is 2.53. The van der Waals surface area contributed by atoms with Gasteiger partial charge in [-0.3, -0.25) is 4.79 Å². The zero-order valence-electron chi connectivity index (χ0n) is 12.9. The first kappa shape index (κ1) is 17.6. The minimum atomic E-state index is -2.85. The number of carbonyl (C=O) groups excluding carboxylic acids is 2. The van der Waals surface area contributed by atoms with E-state index in [1.165, 1.54) is 25.3 Å². The topological polar surface area (TPSA) is 79.2 Å². The van der Waals surface area contributed by atoms with Crippen molar-refractivity contribution in [3.63, 3.8) is 0 Å². The van der Waals surface area contributed by atoms with E-state index in [0.717, 1.165) is 5.56 Å². The SMILES string of the molecule is CCC[C@@H](NC(=O)[C@@](F)(C#N)c1ccc(C)cc1)C(=O)OC. The second kappa shape index (κ2) is 7.55. The van der Waals surface area contributed by atoms with Crippen LogP contribution in [0.25, 0.3) is 0 Å². The fraction of sp³-hybridized carbons (Fsp3) is 0.438. The standard InChI is InChI=1S/C16H19FN2O3/c1-4-5-13(14(20)22-3)19-15(21)16(17,10-18)12-8-6-11(2)7-9-12/h6-9,13H,4-5H2,1-3H3,(H,19,21)/t13-,16-/m1/s1. The van der Waals surface area contributed by atoms with Crippen molar-refractivity contribution >= 4 is 11.9 Å². The summed E-state index contributed by atoms with van der Waals surface area (Å²) in [5.74, 6) is -1.83. The largest absolute Gasteiger partial charge is 0.467 e. The average molecular weight is 306 g/mol. The molecule has 1 aromatic carbocycles. The van der Waals surface area contributed by atoms with Crippen LogP contribution in [0.1, 0.15) is 30.9 Å². The van der Waals surface area contributed by atoms with Gasteiger partial charge in [0.1, 0.15) is 12.1 Å². The number of alkyl halides is 1. The number of nitriles is 1. The van der Waals surface area contributed by atoms with Gasteiger partial charge in [0.25, 0.3) is 11.6 Å². The van der Waals surface area contributed by atoms with Crippen LogP contribution in [0, 0.1) is 18.3 Å². The van der Waals surface area contributed by atoms with Crippen LogP contribution in [0.5, 0.6) is 0 Å². The summed E-state index contributed by atoms with van der Waals surface area (Å²) in [5.41, 5.74) is -2.05. The minimum absolute atomic E-state index is 0.0711. The number of nitrogens with one attached hydrogen (secondary N) is 1. The molecule has 22 heavy (non-hydrogen) atoms. The first-order valence-electron chi connectivity index (χ1n) is 6.95. The van der Waals surface area contributed by atoms with E-state index in [1.807, 2.05) is 13.8 Å². The van der Waals surface area contributed by atoms with Crippen LogP contribution in [0.3, 0.4) is 0 Å². The summed E-state index contributed by atoms with van der Waals surface area (Å²) >= 11 is 0. The second-order valence-electron chi connectivity index (χ2n) is 4.97. The van der Waals surface area contributed by atoms with Gasteiger partial charge in [-0.1, -0.05) is 43.2 Å². The molecule has 0 saturated heterocycles. The number of rotatable bonds is 6. The zero-order chi connectivity index (χ0) is 16.8. The van der Waals surface area contributed by atoms with Crippen molar-refractivity contribution in [2.45, 2.75) is 38.4 Å². The minimum Gasteiger partial charge on any atom is -0.467 e. The summed E-state index contributed by atoms with van der Waals surface area (Å²) in [5, 5.41) is 11.4. The molecule has 1 rings (SSSR count). The van der Waals surface area contributed by atoms with Crippen LogP contribution < -0.4 is 5.32 Å². The molecule has 2 atom stereocenters. The molecular weight excluding hydrogens is 287 g/mol. The van der Waals surface area contributed by atoms with Crippen LogP contribution >= 0.6 is 0 Å². The van der Waals surface area contributed by atoms with E-state index in [9.17, 15) is 14.0 Å². The predicted molar refractivity (Wildman–Crippen MR) is 78.4 cm³/mol. The Morgan fingerprint density at radius 3 is 2.45 bits per heavy atom. The molecule has 1 amide bonds. The van der Waals surface area contributed by atoms with E-state index in [2.05, 4.69) is 10.1 Å². The summed E-state index contributed by atoms with van der Waals surface area (Å²) < 4.78 is 19.4. The maximum Gasteiger partial charge on any atom is 0.328 e. The Hall–Kier alpha value is -2.42. The molecule has 6 heteroatoms. The molecule has 5 nitrogen and oxygen atoms in total. The van der Waals surface area contributed by atoms with Gasteiger partial charge in [0, 0.05) is 5.56 Å². The summed E-state index contributed by atoms with van der Waals surface area (Å²) in [7, 11) is 1.18. The number of hydrogen-bond acceptors (Lipinski definition) is 4. The van der Waals surface area contributed by atoms with Gasteiger partial charge < -0.3 is 10.1 Å². The van der Waals surface area contributed by atoms with E-state index < -0.39 is 23.6 Å². The van der Waals surface area contributed by atoms with E-state index in [4.69, 9.17) is 5.26 Å². The van der Waals surface area contributed by atoms with Gasteiger partial charge in [-0.05, 0) is 13.3 Å². The quantitative estimate of drug-likeness (QED) is 0.817. The maximum absolute atomic E-state index is 14.8. The molecule has 0 fully saturated rings. The predicted octanol–water partition coefficient (Wildman–Crippen LogP) is 2.14. The molecule has 1 aromatic rings. The lowest BCUT2D eigenvalue weighted by Gasteiger charge is -2.21. The molecule has 118 valence electrons. The Kier molecular flexibility index (Phi) is 6.05. The van der Waals surface area contributed by atoms with Gasteiger partial charge in [-0.2, -0.15) is 5.26 Å². The Balaban J connectivity index is 3.03. The molecule has 1 N–H and O–H groups in total. The highest BCUT2D eigenvalue weighted by atomic mass is 19.1. The Morgan fingerprint density at radius 1 is 1.41 bits per heavy atom. The lowest BCUT2D eigenvalue weighted by Crippen LogP contribution is -2.48. The fourth-order valence-corrected chi connectivity index (χ4v) is 1.97. The van der Waals surface area contributed by atoms with Crippen molar-refractivity contribution < 1.29 is 18.7 Å². The van der Waals surface area contributed by atoms with Crippen LogP contribution in [0.15, 0.2) is 24.3 Å². The third-order valence-corrected chi connectivity index (χ3v) is 3.28. The maximum atomic E-state index is 14.8. The number of benzene rings is 1. The molecule has 0 bridgehead atoms. The molecule has 0 aliphatic carbocycles. The highest BCUT2D eigenvalue weighted by molar-refractivity contribution is 5.92. The van der Waals surface area contributed by atoms with E-state index in [-0.39, 0.29) is 5.56 Å².